The van der Waals surface area contributed by atoms with Gasteiger partial charge in [0.25, 0.3) is 0 Å². The molecule has 17 heavy (non-hydrogen) atoms. The summed E-state index contributed by atoms with van der Waals surface area (Å²) in [6, 6.07) is -0.804. The number of carboxylic acid groups (broad SMARTS) is 1. The molecule has 102 valence electrons. The molecule has 0 radical (unpaired) electrons. The first kappa shape index (κ1) is 16.4. The quantitative estimate of drug-likeness (QED) is 0.436. The average Bonchev–Trinajstić information content (AvgIpc) is 2.09. The highest BCUT2D eigenvalue weighted by atomic mass is 28.4. The van der Waals surface area contributed by atoms with Gasteiger partial charge in [0, 0.05) is 0 Å². The van der Waals surface area contributed by atoms with E-state index >= 15 is 0 Å². The highest BCUT2D eigenvalue weighted by Crippen LogP contribution is 2.36. The second kappa shape index (κ2) is 5.81. The lowest BCUT2D eigenvalue weighted by Crippen LogP contribution is -2.53. The summed E-state index contributed by atoms with van der Waals surface area (Å²) in [7, 11) is -1.96. The number of rotatable bonds is 5. The summed E-state index contributed by atoms with van der Waals surface area (Å²) < 4.78 is 5.79. The van der Waals surface area contributed by atoms with Crippen molar-refractivity contribution in [2.24, 2.45) is 5.73 Å². The van der Waals surface area contributed by atoms with E-state index in [1.807, 2.05) is 13.1 Å². The van der Waals surface area contributed by atoms with Crippen molar-refractivity contribution in [2.45, 2.75) is 51.2 Å². The highest BCUT2D eigenvalue weighted by molar-refractivity contribution is 6.74. The Kier molecular flexibility index (Phi) is 5.59. The van der Waals surface area contributed by atoms with Gasteiger partial charge in [-0.3, -0.25) is 0 Å². The van der Waals surface area contributed by atoms with Crippen LogP contribution in [0.5, 0.6) is 0 Å². The number of hydrogen-bond acceptors (Lipinski definition) is 4. The fraction of sp³-hybridized carbons (Fsp3) is 0.900. The molecule has 0 aromatic heterocycles. The molecule has 6 nitrogen and oxygen atoms in total. The number of hydrogen-bond donors (Lipinski definition) is 4. The maximum Gasteiger partial charge on any atom is 0.405 e. The van der Waals surface area contributed by atoms with Crippen LogP contribution in [0.15, 0.2) is 0 Å². The predicted molar refractivity (Wildman–Crippen MR) is 68.3 cm³/mol. The Morgan fingerprint density at radius 2 is 1.94 bits per heavy atom. The zero-order valence-electron chi connectivity index (χ0n) is 11.2. The molecule has 0 aromatic rings. The smallest absolute Gasteiger partial charge is 0.405 e. The van der Waals surface area contributed by atoms with Crippen LogP contribution in [0.3, 0.4) is 0 Å². The van der Waals surface area contributed by atoms with Gasteiger partial charge in [-0.1, -0.05) is 20.8 Å². The lowest BCUT2D eigenvalue weighted by molar-refractivity contribution is 0.0937. The Bertz CT molecular complexity index is 264. The van der Waals surface area contributed by atoms with Gasteiger partial charge in [0.15, 0.2) is 8.32 Å². The third-order valence-electron chi connectivity index (χ3n) is 3.15. The molecule has 5 N–H and O–H groups in total. The van der Waals surface area contributed by atoms with Crippen molar-refractivity contribution in [3.63, 3.8) is 0 Å². The van der Waals surface area contributed by atoms with Gasteiger partial charge >= 0.3 is 6.09 Å². The van der Waals surface area contributed by atoms with Crippen molar-refractivity contribution < 1.29 is 19.4 Å². The molecule has 0 spiro atoms. The van der Waals surface area contributed by atoms with Gasteiger partial charge in [-0.25, -0.2) is 4.79 Å². The topological polar surface area (TPSA) is 105 Å². The fourth-order valence-corrected chi connectivity index (χ4v) is 1.93. The molecule has 0 saturated carbocycles. The molecule has 0 saturated heterocycles. The van der Waals surface area contributed by atoms with Crippen LogP contribution in [0.25, 0.3) is 0 Å². The molecule has 0 unspecified atom stereocenters. The number of amides is 1. The lowest BCUT2D eigenvalue weighted by Gasteiger charge is -2.37. The number of aliphatic hydroxyl groups excluding tert-OH is 1. The molecular formula is C10H24N2O4Si. The van der Waals surface area contributed by atoms with Crippen LogP contribution >= 0.6 is 0 Å². The van der Waals surface area contributed by atoms with Crippen molar-refractivity contribution >= 4 is 14.4 Å². The molecule has 0 rings (SSSR count). The summed E-state index contributed by atoms with van der Waals surface area (Å²) in [5.74, 6) is 0. The summed E-state index contributed by atoms with van der Waals surface area (Å²) in [5.41, 5.74) is 5.29. The van der Waals surface area contributed by atoms with E-state index in [1.54, 1.807) is 0 Å². The maximum atomic E-state index is 10.5. The van der Waals surface area contributed by atoms with E-state index in [1.165, 1.54) is 0 Å². The zero-order chi connectivity index (χ0) is 13.9. The van der Waals surface area contributed by atoms with E-state index in [9.17, 15) is 9.90 Å². The first-order valence-electron chi connectivity index (χ1n) is 5.54. The fourth-order valence-electron chi connectivity index (χ4n) is 0.899. The number of nitrogens with two attached hydrogens (primary N) is 1. The van der Waals surface area contributed by atoms with Crippen LogP contribution in [0, 0.1) is 0 Å². The van der Waals surface area contributed by atoms with Crippen molar-refractivity contribution in [3.8, 4) is 0 Å². The van der Waals surface area contributed by atoms with E-state index in [2.05, 4.69) is 26.1 Å². The zero-order valence-corrected chi connectivity index (χ0v) is 12.2. The Labute approximate surface area is 103 Å². The molecule has 0 heterocycles. The van der Waals surface area contributed by atoms with Crippen molar-refractivity contribution in [1.29, 1.82) is 0 Å². The third-order valence-corrected chi connectivity index (χ3v) is 7.65. The first-order chi connectivity index (χ1) is 7.47. The van der Waals surface area contributed by atoms with Crippen LogP contribution in [0.1, 0.15) is 20.8 Å². The standard InChI is InChI=1S/C10H24N2O4Si/c1-10(2,3)17(4,5)16-6-7(8(11)13)12-9(14)15/h7-8,12-13H,6,11H2,1-5H3,(H,14,15)/t7-,8-/m0/s1. The van der Waals surface area contributed by atoms with E-state index in [0.29, 0.717) is 0 Å². The number of aliphatic hydroxyl groups is 1. The second-order valence-corrected chi connectivity index (χ2v) is 10.4. The third kappa shape index (κ3) is 5.49. The van der Waals surface area contributed by atoms with E-state index in [0.717, 1.165) is 0 Å². The summed E-state index contributed by atoms with van der Waals surface area (Å²) in [6.07, 6.45) is -2.49. The monoisotopic (exact) mass is 264 g/mol. The van der Waals surface area contributed by atoms with Crippen LogP contribution in [0.4, 0.5) is 4.79 Å². The van der Waals surface area contributed by atoms with Crippen LogP contribution in [-0.2, 0) is 4.43 Å². The van der Waals surface area contributed by atoms with Gasteiger partial charge in [0.1, 0.15) is 6.23 Å². The highest BCUT2D eigenvalue weighted by Gasteiger charge is 2.38. The van der Waals surface area contributed by atoms with Crippen molar-refractivity contribution in [3.05, 3.63) is 0 Å². The van der Waals surface area contributed by atoms with Gasteiger partial charge in [-0.15, -0.1) is 0 Å². The Morgan fingerprint density at radius 3 is 2.24 bits per heavy atom. The minimum atomic E-state index is -1.96. The minimum absolute atomic E-state index is 0.0281. The maximum absolute atomic E-state index is 10.5. The summed E-state index contributed by atoms with van der Waals surface area (Å²) >= 11 is 0. The molecule has 0 aliphatic heterocycles. The molecule has 1 amide bonds. The lowest BCUT2D eigenvalue weighted by atomic mass is 10.2. The largest absolute Gasteiger partial charge is 0.465 e. The molecule has 0 bridgehead atoms. The summed E-state index contributed by atoms with van der Waals surface area (Å²) in [4.78, 5) is 10.5. The molecule has 0 aromatic carbocycles. The van der Waals surface area contributed by atoms with Crippen LogP contribution < -0.4 is 11.1 Å². The minimum Gasteiger partial charge on any atom is -0.465 e. The van der Waals surface area contributed by atoms with Gasteiger partial charge in [-0.2, -0.15) is 0 Å². The van der Waals surface area contributed by atoms with Crippen LogP contribution in [-0.4, -0.2) is 43.5 Å². The molecule has 7 heteroatoms. The molecular weight excluding hydrogens is 240 g/mol. The molecule has 0 aliphatic rings. The Morgan fingerprint density at radius 1 is 1.47 bits per heavy atom. The summed E-state index contributed by atoms with van der Waals surface area (Å²) in [6.45, 7) is 10.4. The van der Waals surface area contributed by atoms with E-state index < -0.39 is 26.7 Å². The van der Waals surface area contributed by atoms with Gasteiger partial charge in [0.2, 0.25) is 0 Å². The Hall–Kier alpha value is -0.633. The first-order valence-corrected chi connectivity index (χ1v) is 8.45. The normalized spacial score (nSPS) is 16.4. The number of carbonyl (C=O) groups is 1. The van der Waals surface area contributed by atoms with E-state index in [4.69, 9.17) is 15.3 Å². The molecule has 0 fully saturated rings. The number of nitrogens with one attached hydrogen (secondary N) is 1. The van der Waals surface area contributed by atoms with Gasteiger partial charge in [-0.05, 0) is 18.1 Å². The molecule has 2 atom stereocenters. The van der Waals surface area contributed by atoms with Crippen molar-refractivity contribution in [2.75, 3.05) is 6.61 Å². The van der Waals surface area contributed by atoms with Crippen molar-refractivity contribution in [1.82, 2.24) is 5.32 Å². The predicted octanol–water partition coefficient (Wildman–Crippen LogP) is 0.921. The average molecular weight is 264 g/mol. The Balaban J connectivity index is 4.45. The summed E-state index contributed by atoms with van der Waals surface area (Å²) in [5, 5.41) is 20.0. The SMILES string of the molecule is CC(C)(C)[Si](C)(C)OC[C@H](NC(=O)O)[C@@H](N)O. The van der Waals surface area contributed by atoms with Gasteiger partial charge < -0.3 is 25.7 Å². The van der Waals surface area contributed by atoms with Gasteiger partial charge in [0.05, 0.1) is 12.6 Å². The van der Waals surface area contributed by atoms with Crippen LogP contribution in [0.2, 0.25) is 18.1 Å². The van der Waals surface area contributed by atoms with E-state index in [-0.39, 0.29) is 11.6 Å². The molecule has 0 aliphatic carbocycles. The second-order valence-electron chi connectivity index (χ2n) is 5.62.